The Hall–Kier alpha value is -4.23. The van der Waals surface area contributed by atoms with E-state index >= 15 is 0 Å². The second kappa shape index (κ2) is 20.8. The quantitative estimate of drug-likeness (QED) is 0.228. The van der Waals surface area contributed by atoms with Crippen LogP contribution in [-0.4, -0.2) is 5.78 Å². The molecule has 0 aliphatic carbocycles. The Labute approximate surface area is 237 Å². The van der Waals surface area contributed by atoms with E-state index in [4.69, 9.17) is 0 Å². The molecule has 0 bridgehead atoms. The normalized spacial score (nSPS) is 8.97. The van der Waals surface area contributed by atoms with Crippen molar-refractivity contribution in [3.05, 3.63) is 179 Å². The monoisotopic (exact) mass is 516 g/mol. The zero-order chi connectivity index (χ0) is 28.7. The molecule has 1 nitrogen and oxygen atoms in total. The first kappa shape index (κ1) is 32.8. The van der Waals surface area contributed by atoms with E-state index in [0.717, 1.165) is 5.56 Å². The first-order valence-electron chi connectivity index (χ1n) is 13.4. The molecule has 0 saturated heterocycles. The van der Waals surface area contributed by atoms with Crippen LogP contribution in [-0.2, 0) is 11.2 Å². The van der Waals surface area contributed by atoms with E-state index in [0.29, 0.717) is 6.42 Å². The predicted octanol–water partition coefficient (Wildman–Crippen LogP) is 10.1. The number of ketones is 1. The summed E-state index contributed by atoms with van der Waals surface area (Å²) in [5.41, 5.74) is 7.62. The van der Waals surface area contributed by atoms with Crippen LogP contribution in [0.1, 0.15) is 40.3 Å². The molecule has 0 aromatic heterocycles. The van der Waals surface area contributed by atoms with Crippen LogP contribution in [0.3, 0.4) is 0 Å². The summed E-state index contributed by atoms with van der Waals surface area (Å²) in [6.45, 7) is 12.0. The molecule has 5 rings (SSSR count). The standard InChI is InChI=1S/C10H12O.4C7H8/c1-8-3-5-10(6-4-8)7-9(2)11;4*1-7-5-3-2-4-6-7/h3-6H,7H2,1-2H3;4*2-6H,1H3. The number of carbonyl (C=O) groups is 1. The lowest BCUT2D eigenvalue weighted by Gasteiger charge is -1.96. The highest BCUT2D eigenvalue weighted by Gasteiger charge is 1.95. The van der Waals surface area contributed by atoms with Crippen molar-refractivity contribution >= 4 is 5.78 Å². The van der Waals surface area contributed by atoms with E-state index in [9.17, 15) is 4.79 Å². The number of carbonyl (C=O) groups excluding carboxylic acids is 1. The Balaban J connectivity index is 0.000000247. The highest BCUT2D eigenvalue weighted by atomic mass is 16.1. The van der Waals surface area contributed by atoms with Crippen LogP contribution in [0.4, 0.5) is 0 Å². The number of Topliss-reactive ketones (excluding diaryl/α,β-unsaturated/α-hetero) is 1. The van der Waals surface area contributed by atoms with Crippen molar-refractivity contribution in [2.24, 2.45) is 0 Å². The van der Waals surface area contributed by atoms with Gasteiger partial charge in [-0.25, -0.2) is 0 Å². The third kappa shape index (κ3) is 19.5. The van der Waals surface area contributed by atoms with Gasteiger partial charge < -0.3 is 0 Å². The zero-order valence-electron chi connectivity index (χ0n) is 24.5. The number of aryl methyl sites for hydroxylation is 5. The van der Waals surface area contributed by atoms with E-state index in [1.54, 1.807) is 6.92 Å². The van der Waals surface area contributed by atoms with Gasteiger partial charge in [0.15, 0.2) is 0 Å². The summed E-state index contributed by atoms with van der Waals surface area (Å²) in [6, 6.07) is 49.1. The van der Waals surface area contributed by atoms with Gasteiger partial charge in [0.1, 0.15) is 5.78 Å². The van der Waals surface area contributed by atoms with Crippen molar-refractivity contribution in [1.82, 2.24) is 0 Å². The second-order valence-electron chi connectivity index (χ2n) is 9.48. The fourth-order valence-corrected chi connectivity index (χ4v) is 3.13. The molecule has 0 fully saturated rings. The average molecular weight is 517 g/mol. The fourth-order valence-electron chi connectivity index (χ4n) is 3.13. The number of benzene rings is 5. The molecule has 0 aliphatic heterocycles. The van der Waals surface area contributed by atoms with Gasteiger partial charge in [0.2, 0.25) is 0 Å². The third-order valence-electron chi connectivity index (χ3n) is 5.34. The molecule has 0 saturated carbocycles. The average Bonchev–Trinajstić information content (AvgIpc) is 2.93. The Morgan fingerprint density at radius 2 is 0.615 bits per heavy atom. The summed E-state index contributed by atoms with van der Waals surface area (Å²) in [7, 11) is 0. The van der Waals surface area contributed by atoms with E-state index in [2.05, 4.69) is 76.2 Å². The van der Waals surface area contributed by atoms with Crippen LogP contribution in [0.2, 0.25) is 0 Å². The smallest absolute Gasteiger partial charge is 0.134 e. The van der Waals surface area contributed by atoms with E-state index in [1.165, 1.54) is 27.8 Å². The highest BCUT2D eigenvalue weighted by molar-refractivity contribution is 5.78. The van der Waals surface area contributed by atoms with Crippen molar-refractivity contribution in [3.8, 4) is 0 Å². The van der Waals surface area contributed by atoms with E-state index < -0.39 is 0 Å². The summed E-state index contributed by atoms with van der Waals surface area (Å²) >= 11 is 0. The molecule has 5 aromatic carbocycles. The van der Waals surface area contributed by atoms with Gasteiger partial charge in [0, 0.05) is 6.42 Å². The highest BCUT2D eigenvalue weighted by Crippen LogP contribution is 2.03. The topological polar surface area (TPSA) is 17.1 Å². The van der Waals surface area contributed by atoms with Crippen LogP contribution >= 0.6 is 0 Å². The van der Waals surface area contributed by atoms with Gasteiger partial charge in [-0.3, -0.25) is 4.79 Å². The van der Waals surface area contributed by atoms with E-state index in [-0.39, 0.29) is 5.78 Å². The molecular formula is C38H44O. The molecule has 0 radical (unpaired) electrons. The molecule has 0 heterocycles. The van der Waals surface area contributed by atoms with Crippen LogP contribution < -0.4 is 0 Å². The summed E-state index contributed by atoms with van der Waals surface area (Å²) in [4.78, 5) is 10.7. The minimum atomic E-state index is 0.217. The van der Waals surface area contributed by atoms with Crippen molar-refractivity contribution in [3.63, 3.8) is 0 Å². The molecule has 1 heteroatoms. The zero-order valence-corrected chi connectivity index (χ0v) is 24.5. The van der Waals surface area contributed by atoms with Crippen molar-refractivity contribution in [2.75, 3.05) is 0 Å². The molecule has 0 atom stereocenters. The molecule has 39 heavy (non-hydrogen) atoms. The maximum absolute atomic E-state index is 10.7. The molecule has 0 amide bonds. The minimum Gasteiger partial charge on any atom is -0.300 e. The lowest BCUT2D eigenvalue weighted by molar-refractivity contribution is -0.116. The largest absolute Gasteiger partial charge is 0.300 e. The van der Waals surface area contributed by atoms with Crippen LogP contribution in [0.5, 0.6) is 0 Å². The van der Waals surface area contributed by atoms with Crippen LogP contribution in [0, 0.1) is 34.6 Å². The lowest BCUT2D eigenvalue weighted by atomic mass is 10.1. The van der Waals surface area contributed by atoms with Crippen molar-refractivity contribution in [1.29, 1.82) is 0 Å². The minimum absolute atomic E-state index is 0.217. The SMILES string of the molecule is CC(=O)Cc1ccc(C)cc1.Cc1ccccc1.Cc1ccccc1.Cc1ccccc1.Cc1ccccc1. The summed E-state index contributed by atoms with van der Waals surface area (Å²) in [5, 5.41) is 0. The van der Waals surface area contributed by atoms with Crippen molar-refractivity contribution in [2.45, 2.75) is 48.0 Å². The summed E-state index contributed by atoms with van der Waals surface area (Å²) in [5.74, 6) is 0.217. The Morgan fingerprint density at radius 3 is 0.795 bits per heavy atom. The molecule has 0 N–H and O–H groups in total. The number of rotatable bonds is 2. The maximum Gasteiger partial charge on any atom is 0.134 e. The Morgan fingerprint density at radius 1 is 0.385 bits per heavy atom. The molecule has 0 spiro atoms. The third-order valence-corrected chi connectivity index (χ3v) is 5.34. The van der Waals surface area contributed by atoms with E-state index in [1.807, 2.05) is 104 Å². The van der Waals surface area contributed by atoms with Crippen LogP contribution in [0.25, 0.3) is 0 Å². The Kier molecular flexibility index (Phi) is 17.5. The van der Waals surface area contributed by atoms with Crippen LogP contribution in [0.15, 0.2) is 146 Å². The molecule has 202 valence electrons. The Bertz CT molecular complexity index is 1090. The predicted molar refractivity (Wildman–Crippen MR) is 170 cm³/mol. The van der Waals surface area contributed by atoms with Crippen molar-refractivity contribution < 1.29 is 4.79 Å². The van der Waals surface area contributed by atoms with Gasteiger partial charge in [0.05, 0.1) is 0 Å². The van der Waals surface area contributed by atoms with Gasteiger partial charge in [-0.1, -0.05) is 173 Å². The second-order valence-corrected chi connectivity index (χ2v) is 9.48. The maximum atomic E-state index is 10.7. The number of hydrogen-bond donors (Lipinski definition) is 0. The first-order chi connectivity index (χ1) is 18.8. The number of hydrogen-bond acceptors (Lipinski definition) is 1. The molecule has 0 unspecified atom stereocenters. The molecule has 0 aliphatic rings. The van der Waals surface area contributed by atoms with Gasteiger partial charge in [-0.15, -0.1) is 0 Å². The first-order valence-corrected chi connectivity index (χ1v) is 13.4. The molecular weight excluding hydrogens is 472 g/mol. The fraction of sp³-hybridized carbons (Fsp3) is 0.184. The van der Waals surface area contributed by atoms with Gasteiger partial charge in [0.25, 0.3) is 0 Å². The summed E-state index contributed by atoms with van der Waals surface area (Å²) in [6.07, 6.45) is 0.556. The van der Waals surface area contributed by atoms with Gasteiger partial charge >= 0.3 is 0 Å². The lowest BCUT2D eigenvalue weighted by Crippen LogP contribution is -1.95. The van der Waals surface area contributed by atoms with Gasteiger partial charge in [-0.05, 0) is 47.1 Å². The summed E-state index contributed by atoms with van der Waals surface area (Å²) < 4.78 is 0. The molecule has 5 aromatic rings. The van der Waals surface area contributed by atoms with Gasteiger partial charge in [-0.2, -0.15) is 0 Å².